The number of carbonyl (C=O) groups excluding carboxylic acids is 1. The molecule has 3 heterocycles. The molecule has 3 aromatic heterocycles. The highest BCUT2D eigenvalue weighted by Crippen LogP contribution is 2.31. The standard InChI is InChI=1S/C23H17FN6O/c24-21-18(22-29-27-14-30(22)17-5-1-6-17)7-2-8-19(21)28-23(31)20-12-15(9-11-26-20)16-4-3-10-25-13-16/h2-5,7-14H,1,6H2,(H,28,31). The highest BCUT2D eigenvalue weighted by Gasteiger charge is 2.20. The van der Waals surface area contributed by atoms with Gasteiger partial charge in [0.05, 0.1) is 11.3 Å². The molecule has 0 unspecified atom stereocenters. The first-order chi connectivity index (χ1) is 15.2. The molecule has 0 aliphatic heterocycles. The van der Waals surface area contributed by atoms with E-state index in [1.54, 1.807) is 53.8 Å². The lowest BCUT2D eigenvalue weighted by Gasteiger charge is -2.17. The minimum atomic E-state index is -0.576. The number of pyridine rings is 2. The number of hydrogen-bond acceptors (Lipinski definition) is 5. The Morgan fingerprint density at radius 1 is 1.10 bits per heavy atom. The van der Waals surface area contributed by atoms with E-state index in [9.17, 15) is 4.79 Å². The van der Waals surface area contributed by atoms with Gasteiger partial charge in [0, 0.05) is 29.9 Å². The first kappa shape index (κ1) is 18.8. The maximum Gasteiger partial charge on any atom is 0.274 e. The van der Waals surface area contributed by atoms with Gasteiger partial charge in [-0.05, 0) is 48.7 Å². The second-order valence-electron chi connectivity index (χ2n) is 7.05. The number of aromatic nitrogens is 5. The van der Waals surface area contributed by atoms with Crippen molar-refractivity contribution in [1.29, 1.82) is 0 Å². The molecule has 0 saturated carbocycles. The van der Waals surface area contributed by atoms with E-state index in [1.807, 2.05) is 12.1 Å². The molecule has 1 amide bonds. The zero-order chi connectivity index (χ0) is 21.2. The monoisotopic (exact) mass is 412 g/mol. The van der Waals surface area contributed by atoms with E-state index in [1.165, 1.54) is 6.07 Å². The first-order valence-electron chi connectivity index (χ1n) is 9.77. The number of benzene rings is 1. The molecule has 1 N–H and O–H groups in total. The molecular weight excluding hydrogens is 395 g/mol. The van der Waals surface area contributed by atoms with E-state index >= 15 is 4.39 Å². The Labute approximate surface area is 177 Å². The van der Waals surface area contributed by atoms with Crippen LogP contribution in [0, 0.1) is 5.82 Å². The Balaban J connectivity index is 1.43. The summed E-state index contributed by atoms with van der Waals surface area (Å²) in [4.78, 5) is 21.0. The summed E-state index contributed by atoms with van der Waals surface area (Å²) >= 11 is 0. The third kappa shape index (κ3) is 3.59. The van der Waals surface area contributed by atoms with Gasteiger partial charge >= 0.3 is 0 Å². The number of amides is 1. The van der Waals surface area contributed by atoms with Crippen LogP contribution in [0.5, 0.6) is 0 Å². The van der Waals surface area contributed by atoms with Gasteiger partial charge in [-0.3, -0.25) is 19.3 Å². The van der Waals surface area contributed by atoms with Crippen molar-refractivity contribution in [2.75, 3.05) is 5.32 Å². The normalized spacial score (nSPS) is 12.7. The van der Waals surface area contributed by atoms with Gasteiger partial charge in [-0.25, -0.2) is 4.39 Å². The fourth-order valence-electron chi connectivity index (χ4n) is 3.38. The van der Waals surface area contributed by atoms with Crippen molar-refractivity contribution in [2.45, 2.75) is 12.8 Å². The third-order valence-corrected chi connectivity index (χ3v) is 5.11. The number of halogens is 1. The molecule has 0 radical (unpaired) electrons. The summed E-state index contributed by atoms with van der Waals surface area (Å²) in [6, 6.07) is 11.9. The lowest BCUT2D eigenvalue weighted by atomic mass is 10.1. The maximum atomic E-state index is 15.3. The van der Waals surface area contributed by atoms with Crippen molar-refractivity contribution >= 4 is 17.3 Å². The van der Waals surface area contributed by atoms with Crippen molar-refractivity contribution in [1.82, 2.24) is 24.7 Å². The molecule has 1 aliphatic carbocycles. The smallest absolute Gasteiger partial charge is 0.274 e. The van der Waals surface area contributed by atoms with Gasteiger partial charge in [0.15, 0.2) is 11.6 Å². The summed E-state index contributed by atoms with van der Waals surface area (Å²) < 4.78 is 17.0. The molecule has 0 spiro atoms. The maximum absolute atomic E-state index is 15.3. The number of anilines is 1. The van der Waals surface area contributed by atoms with E-state index in [-0.39, 0.29) is 16.9 Å². The van der Waals surface area contributed by atoms with Crippen LogP contribution in [0.4, 0.5) is 10.1 Å². The highest BCUT2D eigenvalue weighted by molar-refractivity contribution is 6.03. The fraction of sp³-hybridized carbons (Fsp3) is 0.0870. The molecule has 1 aromatic carbocycles. The quantitative estimate of drug-likeness (QED) is 0.524. The fourth-order valence-corrected chi connectivity index (χ4v) is 3.38. The van der Waals surface area contributed by atoms with Crippen molar-refractivity contribution in [3.05, 3.63) is 85.0 Å². The largest absolute Gasteiger partial charge is 0.318 e. The number of hydrogen-bond donors (Lipinski definition) is 1. The molecular formula is C23H17FN6O. The Hall–Kier alpha value is -4.20. The molecule has 0 saturated heterocycles. The first-order valence-corrected chi connectivity index (χ1v) is 9.77. The van der Waals surface area contributed by atoms with Gasteiger partial charge in [0.1, 0.15) is 12.0 Å². The summed E-state index contributed by atoms with van der Waals surface area (Å²) in [5.41, 5.74) is 3.17. The predicted molar refractivity (Wildman–Crippen MR) is 114 cm³/mol. The second-order valence-corrected chi connectivity index (χ2v) is 7.05. The summed E-state index contributed by atoms with van der Waals surface area (Å²) in [7, 11) is 0. The van der Waals surface area contributed by atoms with E-state index in [0.717, 1.165) is 29.7 Å². The second kappa shape index (κ2) is 7.91. The molecule has 5 rings (SSSR count). The van der Waals surface area contributed by atoms with Crippen molar-refractivity contribution in [3.63, 3.8) is 0 Å². The van der Waals surface area contributed by atoms with Crippen LogP contribution in [-0.2, 0) is 0 Å². The van der Waals surface area contributed by atoms with Gasteiger partial charge in [-0.15, -0.1) is 10.2 Å². The molecule has 4 aromatic rings. The van der Waals surface area contributed by atoms with Gasteiger partial charge in [0.25, 0.3) is 5.91 Å². The van der Waals surface area contributed by atoms with Crippen molar-refractivity contribution in [3.8, 4) is 22.5 Å². The van der Waals surface area contributed by atoms with E-state index < -0.39 is 11.7 Å². The van der Waals surface area contributed by atoms with Crippen LogP contribution in [-0.4, -0.2) is 30.6 Å². The van der Waals surface area contributed by atoms with Crippen LogP contribution in [0.2, 0.25) is 0 Å². The molecule has 7 nitrogen and oxygen atoms in total. The highest BCUT2D eigenvalue weighted by atomic mass is 19.1. The zero-order valence-corrected chi connectivity index (χ0v) is 16.4. The minimum Gasteiger partial charge on any atom is -0.318 e. The summed E-state index contributed by atoms with van der Waals surface area (Å²) in [5, 5.41) is 10.6. The van der Waals surface area contributed by atoms with Crippen LogP contribution in [0.3, 0.4) is 0 Å². The topological polar surface area (TPSA) is 85.6 Å². The van der Waals surface area contributed by atoms with Crippen LogP contribution >= 0.6 is 0 Å². The number of carbonyl (C=O) groups is 1. The zero-order valence-electron chi connectivity index (χ0n) is 16.4. The van der Waals surface area contributed by atoms with Gasteiger partial charge in [-0.1, -0.05) is 18.2 Å². The van der Waals surface area contributed by atoms with Crippen LogP contribution in [0.25, 0.3) is 28.2 Å². The average molecular weight is 412 g/mol. The van der Waals surface area contributed by atoms with Crippen LogP contribution in [0.15, 0.2) is 73.5 Å². The Morgan fingerprint density at radius 2 is 2.00 bits per heavy atom. The predicted octanol–water partition coefficient (Wildman–Crippen LogP) is 4.43. The average Bonchev–Trinajstić information content (AvgIpc) is 3.23. The van der Waals surface area contributed by atoms with E-state index in [4.69, 9.17) is 0 Å². The SMILES string of the molecule is O=C(Nc1cccc(-c2nncn2C2=CCC2)c1F)c1cc(-c2cccnc2)ccn1. The molecule has 31 heavy (non-hydrogen) atoms. The Bertz CT molecular complexity index is 1300. The molecule has 0 fully saturated rings. The van der Waals surface area contributed by atoms with E-state index in [2.05, 4.69) is 31.6 Å². The number of nitrogens with zero attached hydrogens (tertiary/aromatic N) is 5. The van der Waals surface area contributed by atoms with Crippen molar-refractivity contribution < 1.29 is 9.18 Å². The number of nitrogens with one attached hydrogen (secondary N) is 1. The van der Waals surface area contributed by atoms with E-state index in [0.29, 0.717) is 5.82 Å². The molecule has 0 atom stereocenters. The minimum absolute atomic E-state index is 0.0493. The third-order valence-electron chi connectivity index (χ3n) is 5.11. The molecule has 152 valence electrons. The van der Waals surface area contributed by atoms with Crippen LogP contribution in [0.1, 0.15) is 23.3 Å². The van der Waals surface area contributed by atoms with Gasteiger partial charge in [-0.2, -0.15) is 0 Å². The van der Waals surface area contributed by atoms with Gasteiger partial charge in [0.2, 0.25) is 0 Å². The van der Waals surface area contributed by atoms with Crippen LogP contribution < -0.4 is 5.32 Å². The Morgan fingerprint density at radius 3 is 2.77 bits per heavy atom. The molecule has 0 bridgehead atoms. The molecule has 8 heteroatoms. The van der Waals surface area contributed by atoms with Gasteiger partial charge < -0.3 is 5.32 Å². The Kier molecular flexibility index (Phi) is 4.80. The lowest BCUT2D eigenvalue weighted by Crippen LogP contribution is -2.15. The molecule has 1 aliphatic rings. The number of rotatable bonds is 5. The van der Waals surface area contributed by atoms with Crippen molar-refractivity contribution in [2.24, 2.45) is 0 Å². The summed E-state index contributed by atoms with van der Waals surface area (Å²) in [6.45, 7) is 0. The summed E-state index contributed by atoms with van der Waals surface area (Å²) in [6.07, 6.45) is 10.4. The lowest BCUT2D eigenvalue weighted by molar-refractivity contribution is 0.102. The summed E-state index contributed by atoms with van der Waals surface area (Å²) in [5.74, 6) is -0.686. The number of allylic oxidation sites excluding steroid dienone is 2.